The molecule has 1 fully saturated rings. The molecule has 3 unspecified atom stereocenters. The topological polar surface area (TPSA) is 41.1 Å². The number of carbonyl (C=O) groups excluding carboxylic acids is 1. The maximum atomic E-state index is 12.0. The van der Waals surface area contributed by atoms with E-state index in [0.717, 1.165) is 0 Å². The summed E-state index contributed by atoms with van der Waals surface area (Å²) in [7, 11) is 0. The number of rotatable bonds is 4. The average molecular weight is 272 g/mol. The highest BCUT2D eigenvalue weighted by Crippen LogP contribution is 2.27. The molecule has 3 nitrogen and oxygen atoms in total. The summed E-state index contributed by atoms with van der Waals surface area (Å²) in [5, 5.41) is 7.20. The number of amides is 1. The lowest BCUT2D eigenvalue weighted by Crippen LogP contribution is -2.54. The van der Waals surface area contributed by atoms with Crippen molar-refractivity contribution in [1.82, 2.24) is 10.6 Å². The molecule has 1 aliphatic rings. The Morgan fingerprint density at radius 3 is 2.44 bits per heavy atom. The van der Waals surface area contributed by atoms with Crippen molar-refractivity contribution >= 4 is 17.7 Å². The number of thioether (sulfide) groups is 1. The van der Waals surface area contributed by atoms with Gasteiger partial charge in [-0.25, -0.2) is 0 Å². The van der Waals surface area contributed by atoms with Gasteiger partial charge in [0, 0.05) is 16.8 Å². The largest absolute Gasteiger partial charge is 0.350 e. The minimum absolute atomic E-state index is 0.105. The highest BCUT2D eigenvalue weighted by molar-refractivity contribution is 7.99. The minimum atomic E-state index is -0.154. The summed E-state index contributed by atoms with van der Waals surface area (Å²) < 4.78 is 0. The van der Waals surface area contributed by atoms with Crippen molar-refractivity contribution in [3.05, 3.63) is 0 Å². The summed E-state index contributed by atoms with van der Waals surface area (Å²) in [4.78, 5) is 12.0. The van der Waals surface area contributed by atoms with Gasteiger partial charge in [-0.3, -0.25) is 4.79 Å². The van der Waals surface area contributed by atoms with Crippen LogP contribution in [0, 0.1) is 0 Å². The van der Waals surface area contributed by atoms with Crippen LogP contribution in [0.5, 0.6) is 0 Å². The van der Waals surface area contributed by atoms with Crippen LogP contribution in [0.2, 0.25) is 0 Å². The Labute approximate surface area is 116 Å². The Hall–Kier alpha value is -0.220. The third kappa shape index (κ3) is 5.19. The summed E-state index contributed by atoms with van der Waals surface area (Å²) in [5.41, 5.74) is -0.154. The van der Waals surface area contributed by atoms with Crippen molar-refractivity contribution in [1.29, 1.82) is 0 Å². The monoisotopic (exact) mass is 272 g/mol. The highest BCUT2D eigenvalue weighted by Gasteiger charge is 2.28. The second-order valence-electron chi connectivity index (χ2n) is 6.29. The zero-order valence-corrected chi connectivity index (χ0v) is 13.2. The normalized spacial score (nSPS) is 26.7. The molecule has 4 heteroatoms. The van der Waals surface area contributed by atoms with Gasteiger partial charge >= 0.3 is 0 Å². The fourth-order valence-corrected chi connectivity index (χ4v) is 3.39. The van der Waals surface area contributed by atoms with Crippen molar-refractivity contribution in [3.8, 4) is 0 Å². The molecule has 3 atom stereocenters. The van der Waals surface area contributed by atoms with E-state index in [-0.39, 0.29) is 17.5 Å². The predicted octanol–water partition coefficient (Wildman–Crippen LogP) is 2.55. The molecule has 0 spiro atoms. The minimum Gasteiger partial charge on any atom is -0.350 e. The first kappa shape index (κ1) is 15.8. The maximum absolute atomic E-state index is 12.0. The fraction of sp³-hybridized carbons (Fsp3) is 0.929. The Balaban J connectivity index is 2.47. The van der Waals surface area contributed by atoms with Crippen LogP contribution in [-0.4, -0.2) is 35.0 Å². The van der Waals surface area contributed by atoms with Crippen molar-refractivity contribution in [2.24, 2.45) is 0 Å². The molecule has 0 bridgehead atoms. The molecule has 0 saturated heterocycles. The van der Waals surface area contributed by atoms with Gasteiger partial charge in [0.15, 0.2) is 0 Å². The van der Waals surface area contributed by atoms with Gasteiger partial charge in [0.25, 0.3) is 0 Å². The van der Waals surface area contributed by atoms with Crippen LogP contribution in [-0.2, 0) is 4.79 Å². The number of hydrogen-bond donors (Lipinski definition) is 2. The molecule has 18 heavy (non-hydrogen) atoms. The zero-order chi connectivity index (χ0) is 13.8. The first-order valence-electron chi connectivity index (χ1n) is 6.94. The number of nitrogens with one attached hydrogen (secondary N) is 2. The third-order valence-corrected chi connectivity index (χ3v) is 4.53. The van der Waals surface area contributed by atoms with E-state index in [4.69, 9.17) is 0 Å². The van der Waals surface area contributed by atoms with Crippen LogP contribution < -0.4 is 10.6 Å². The average Bonchev–Trinajstić information content (AvgIpc) is 2.27. The Morgan fingerprint density at radius 1 is 1.28 bits per heavy atom. The van der Waals surface area contributed by atoms with E-state index in [2.05, 4.69) is 16.9 Å². The third-order valence-electron chi connectivity index (χ3n) is 3.36. The van der Waals surface area contributed by atoms with Crippen LogP contribution in [0.15, 0.2) is 0 Å². The van der Waals surface area contributed by atoms with Crippen molar-refractivity contribution in [3.63, 3.8) is 0 Å². The Bertz CT molecular complexity index is 275. The molecule has 0 heterocycles. The van der Waals surface area contributed by atoms with E-state index in [9.17, 15) is 4.79 Å². The molecule has 1 rings (SSSR count). The lowest BCUT2D eigenvalue weighted by Gasteiger charge is -2.33. The molecule has 0 aromatic heterocycles. The molecule has 0 aliphatic heterocycles. The standard InChI is InChI=1S/C14H28N2OS/c1-10(13(17)16-14(2,3)4)15-11-8-6-7-9-12(11)18-5/h10-12,15H,6-9H2,1-5H3,(H,16,17). The van der Waals surface area contributed by atoms with E-state index in [1.807, 2.05) is 39.5 Å². The van der Waals surface area contributed by atoms with Gasteiger partial charge in [-0.15, -0.1) is 0 Å². The van der Waals surface area contributed by atoms with Crippen molar-refractivity contribution < 1.29 is 4.79 Å². The summed E-state index contributed by atoms with van der Waals surface area (Å²) in [6.45, 7) is 8.02. The van der Waals surface area contributed by atoms with Crippen molar-refractivity contribution in [2.45, 2.75) is 76.3 Å². The zero-order valence-electron chi connectivity index (χ0n) is 12.4. The first-order chi connectivity index (χ1) is 8.33. The van der Waals surface area contributed by atoms with E-state index in [0.29, 0.717) is 11.3 Å². The van der Waals surface area contributed by atoms with Gasteiger partial charge in [0.2, 0.25) is 5.91 Å². The summed E-state index contributed by atoms with van der Waals surface area (Å²) >= 11 is 1.93. The molecule has 2 N–H and O–H groups in total. The van der Waals surface area contributed by atoms with Crippen LogP contribution >= 0.6 is 11.8 Å². The van der Waals surface area contributed by atoms with E-state index < -0.39 is 0 Å². The first-order valence-corrected chi connectivity index (χ1v) is 8.23. The van der Waals surface area contributed by atoms with Gasteiger partial charge < -0.3 is 10.6 Å². The van der Waals surface area contributed by atoms with Gasteiger partial charge in [-0.1, -0.05) is 12.8 Å². The Kier molecular flexibility index (Phi) is 5.99. The molecule has 106 valence electrons. The number of hydrogen-bond acceptors (Lipinski definition) is 3. The predicted molar refractivity (Wildman–Crippen MR) is 80.1 cm³/mol. The van der Waals surface area contributed by atoms with Crippen LogP contribution in [0.3, 0.4) is 0 Å². The second-order valence-corrected chi connectivity index (χ2v) is 7.37. The van der Waals surface area contributed by atoms with Gasteiger partial charge in [0.1, 0.15) is 0 Å². The maximum Gasteiger partial charge on any atom is 0.237 e. The fourth-order valence-electron chi connectivity index (χ4n) is 2.44. The summed E-state index contributed by atoms with van der Waals surface area (Å²) in [6, 6.07) is 0.372. The second kappa shape index (κ2) is 6.80. The van der Waals surface area contributed by atoms with Gasteiger partial charge in [-0.2, -0.15) is 11.8 Å². The van der Waals surface area contributed by atoms with E-state index >= 15 is 0 Å². The molecule has 1 amide bonds. The lowest BCUT2D eigenvalue weighted by atomic mass is 9.94. The van der Waals surface area contributed by atoms with Crippen LogP contribution in [0.4, 0.5) is 0 Å². The quantitative estimate of drug-likeness (QED) is 0.826. The molecule has 1 saturated carbocycles. The van der Waals surface area contributed by atoms with Crippen molar-refractivity contribution in [2.75, 3.05) is 6.26 Å². The molecular weight excluding hydrogens is 244 g/mol. The van der Waals surface area contributed by atoms with Gasteiger partial charge in [0.05, 0.1) is 6.04 Å². The molecule has 0 radical (unpaired) electrons. The van der Waals surface area contributed by atoms with E-state index in [1.54, 1.807) is 0 Å². The number of carbonyl (C=O) groups is 1. The van der Waals surface area contributed by atoms with Crippen LogP contribution in [0.1, 0.15) is 53.4 Å². The SMILES string of the molecule is CSC1CCCCC1NC(C)C(=O)NC(C)(C)C. The summed E-state index contributed by atoms with van der Waals surface area (Å²) in [6.07, 6.45) is 7.24. The highest BCUT2D eigenvalue weighted by atomic mass is 32.2. The summed E-state index contributed by atoms with van der Waals surface area (Å²) in [5.74, 6) is 0.105. The molecule has 1 aliphatic carbocycles. The van der Waals surface area contributed by atoms with E-state index in [1.165, 1.54) is 25.7 Å². The lowest BCUT2D eigenvalue weighted by molar-refractivity contribution is -0.124. The molecule has 0 aromatic carbocycles. The molecular formula is C14H28N2OS. The molecule has 0 aromatic rings. The Morgan fingerprint density at radius 2 is 1.89 bits per heavy atom. The van der Waals surface area contributed by atoms with Crippen LogP contribution in [0.25, 0.3) is 0 Å². The van der Waals surface area contributed by atoms with Gasteiger partial charge in [-0.05, 0) is 46.8 Å². The smallest absolute Gasteiger partial charge is 0.237 e.